The summed E-state index contributed by atoms with van der Waals surface area (Å²) in [7, 11) is 0. The minimum atomic E-state index is -0.368. The smallest absolute Gasteiger partial charge is 0.261 e. The zero-order valence-corrected chi connectivity index (χ0v) is 26.5. The fraction of sp³-hybridized carbons (Fsp3) is 1.00. The van der Waals surface area contributed by atoms with Crippen molar-refractivity contribution in [3.63, 3.8) is 0 Å². The Hall–Kier alpha value is 0.985. The van der Waals surface area contributed by atoms with Crippen LogP contribution in [0.25, 0.3) is 0 Å². The van der Waals surface area contributed by atoms with Gasteiger partial charge in [-0.3, -0.25) is 0 Å². The number of unbranched alkanes of at least 4 members (excludes halogenated alkanes) is 4. The Labute approximate surface area is 215 Å². The molecule has 0 aliphatic carbocycles. The molecule has 32 heavy (non-hydrogen) atoms. The maximum Gasteiger partial charge on any atom is 0.261 e. The Morgan fingerprint density at radius 1 is 0.406 bits per heavy atom. The van der Waals surface area contributed by atoms with Crippen LogP contribution in [0.2, 0.25) is 31.7 Å². The zero-order valence-electron chi connectivity index (χ0n) is 24.2. The van der Waals surface area contributed by atoms with E-state index in [9.17, 15) is 0 Å². The highest BCUT2D eigenvalue weighted by atomic mass is 27.2. The van der Waals surface area contributed by atoms with Gasteiger partial charge in [-0.25, -0.2) is 0 Å². The molecule has 0 aromatic heterocycles. The van der Waals surface area contributed by atoms with Crippen LogP contribution in [-0.2, 0) is 0 Å². The molecule has 4 heteroatoms. The molecule has 0 saturated heterocycles. The van der Waals surface area contributed by atoms with Crippen LogP contribution < -0.4 is 0 Å². The lowest BCUT2D eigenvalue weighted by Crippen LogP contribution is -2.24. The highest BCUT2D eigenvalue weighted by molar-refractivity contribution is 6.59. The van der Waals surface area contributed by atoms with Gasteiger partial charge in [0.15, 0.2) is 0 Å². The van der Waals surface area contributed by atoms with Gasteiger partial charge >= 0.3 is 0 Å². The summed E-state index contributed by atoms with van der Waals surface area (Å²) < 4.78 is 0. The minimum Gasteiger partial charge on any atom is -0.304 e. The second-order valence-electron chi connectivity index (χ2n) is 9.88. The lowest BCUT2D eigenvalue weighted by molar-refractivity contribution is 0.298. The highest BCUT2D eigenvalue weighted by Gasteiger charge is 2.15. The molecule has 192 valence electrons. The zero-order chi connectivity index (χ0) is 24.5. The number of rotatable bonds is 22. The van der Waals surface area contributed by atoms with Crippen LogP contribution in [-0.4, -0.2) is 77.4 Å². The molecule has 0 aliphatic rings. The Balaban J connectivity index is 0. The van der Waals surface area contributed by atoms with Gasteiger partial charge < -0.3 is 9.80 Å². The fourth-order valence-electron chi connectivity index (χ4n) is 4.73. The first-order chi connectivity index (χ1) is 15.6. The van der Waals surface area contributed by atoms with E-state index in [0.717, 1.165) is 0 Å². The van der Waals surface area contributed by atoms with E-state index in [1.165, 1.54) is 101 Å². The third-order valence-corrected chi connectivity index (χ3v) is 14.8. The summed E-state index contributed by atoms with van der Waals surface area (Å²) in [5.41, 5.74) is 0. The van der Waals surface area contributed by atoms with Crippen molar-refractivity contribution < 1.29 is 0 Å². The van der Waals surface area contributed by atoms with Crippen molar-refractivity contribution in [1.82, 2.24) is 9.80 Å². The number of nitrogens with zero attached hydrogens (tertiary/aromatic N) is 2. The standard InChI is InChI=1S/2C8H18N.2C4H9.2C2H5.2Al/c2*1-4-7-8-9(5-2)6-3;2*1-3-4-2;2*1-2;;/h2*1,4-8H2,2-3H3;2*1,3-4H2,2H3;2*1H2,2H3;;. The van der Waals surface area contributed by atoms with Gasteiger partial charge in [-0.05, 0) is 52.1 Å². The molecule has 0 rings (SSSR count). The van der Waals surface area contributed by atoms with E-state index in [2.05, 4.69) is 65.2 Å². The van der Waals surface area contributed by atoms with Crippen LogP contribution in [0.1, 0.15) is 107 Å². The molecule has 0 bridgehead atoms. The van der Waals surface area contributed by atoms with Crippen LogP contribution in [0, 0.1) is 0 Å². The first-order valence-corrected chi connectivity index (χ1v) is 19.9. The predicted octanol–water partition coefficient (Wildman–Crippen LogP) is 8.85. The topological polar surface area (TPSA) is 6.48 Å². The van der Waals surface area contributed by atoms with E-state index < -0.39 is 0 Å². The van der Waals surface area contributed by atoms with Gasteiger partial charge in [0, 0.05) is 0 Å². The van der Waals surface area contributed by atoms with Crippen molar-refractivity contribution in [3.05, 3.63) is 0 Å². The lowest BCUT2D eigenvalue weighted by Gasteiger charge is -2.18. The van der Waals surface area contributed by atoms with E-state index in [1.54, 1.807) is 21.1 Å². The molecular weight excluding hydrogens is 418 g/mol. The van der Waals surface area contributed by atoms with Crippen LogP contribution in [0.4, 0.5) is 0 Å². The summed E-state index contributed by atoms with van der Waals surface area (Å²) in [6.45, 7) is 26.1. The van der Waals surface area contributed by atoms with Crippen molar-refractivity contribution in [1.29, 1.82) is 0 Å². The molecule has 0 saturated carbocycles. The fourth-order valence-corrected chi connectivity index (χ4v) is 10.7. The Kier molecular flexibility index (Phi) is 31.0. The summed E-state index contributed by atoms with van der Waals surface area (Å²) >= 11 is -0.660. The summed E-state index contributed by atoms with van der Waals surface area (Å²) in [4.78, 5) is 5.10. The molecule has 0 spiro atoms. The third kappa shape index (κ3) is 22.8. The van der Waals surface area contributed by atoms with Crippen molar-refractivity contribution in [2.75, 3.05) is 39.3 Å². The summed E-state index contributed by atoms with van der Waals surface area (Å²) in [5.74, 6) is 0. The number of hydrogen-bond donors (Lipinski definition) is 0. The molecular formula is C28H64Al2N2. The van der Waals surface area contributed by atoms with Gasteiger partial charge in [-0.1, -0.05) is 126 Å². The molecule has 0 atom stereocenters. The molecule has 0 heterocycles. The van der Waals surface area contributed by atoms with Crippen LogP contribution >= 0.6 is 0 Å². The lowest BCUT2D eigenvalue weighted by atomic mass is 10.3. The molecule has 0 radical (unpaired) electrons. The molecule has 0 aromatic carbocycles. The van der Waals surface area contributed by atoms with Gasteiger partial charge in [0.05, 0.1) is 0 Å². The molecule has 0 N–H and O–H groups in total. The average Bonchev–Trinajstić information content (AvgIpc) is 2.83. The normalized spacial score (nSPS) is 11.1. The first kappa shape index (κ1) is 35.1. The third-order valence-electron chi connectivity index (χ3n) is 7.55. The van der Waals surface area contributed by atoms with E-state index in [0.29, 0.717) is 0 Å². The van der Waals surface area contributed by atoms with Crippen molar-refractivity contribution >= 4 is 28.3 Å². The Bertz CT molecular complexity index is 307. The summed E-state index contributed by atoms with van der Waals surface area (Å²) in [6, 6.07) is 0. The van der Waals surface area contributed by atoms with Crippen molar-refractivity contribution in [2.45, 2.75) is 138 Å². The van der Waals surface area contributed by atoms with Crippen LogP contribution in [0.3, 0.4) is 0 Å². The molecule has 0 unspecified atom stereocenters. The second kappa shape index (κ2) is 28.2. The van der Waals surface area contributed by atoms with Crippen molar-refractivity contribution in [3.8, 4) is 0 Å². The Morgan fingerprint density at radius 2 is 0.750 bits per heavy atom. The van der Waals surface area contributed by atoms with Gasteiger partial charge in [0.2, 0.25) is 0 Å². The summed E-state index contributed by atoms with van der Waals surface area (Å²) in [5, 5.41) is 9.42. The highest BCUT2D eigenvalue weighted by Crippen LogP contribution is 2.16. The molecule has 0 aromatic rings. The quantitative estimate of drug-likeness (QED) is 0.112. The van der Waals surface area contributed by atoms with E-state index >= 15 is 0 Å². The summed E-state index contributed by atoms with van der Waals surface area (Å²) in [6.07, 6.45) is 11.6. The van der Waals surface area contributed by atoms with Gasteiger partial charge in [-0.2, -0.15) is 0 Å². The second-order valence-corrected chi connectivity index (χ2v) is 17.3. The van der Waals surface area contributed by atoms with Gasteiger partial charge in [-0.15, -0.1) is 0 Å². The molecule has 0 amide bonds. The van der Waals surface area contributed by atoms with Gasteiger partial charge in [0.1, 0.15) is 0 Å². The first-order valence-electron chi connectivity index (χ1n) is 15.0. The average molecular weight is 483 g/mol. The maximum absolute atomic E-state index is 2.56. The largest absolute Gasteiger partial charge is 0.304 e. The molecule has 0 aliphatic heterocycles. The molecule has 0 fully saturated rings. The van der Waals surface area contributed by atoms with E-state index in [-0.39, 0.29) is 28.3 Å². The van der Waals surface area contributed by atoms with Crippen LogP contribution in [0.5, 0.6) is 0 Å². The predicted molar refractivity (Wildman–Crippen MR) is 156 cm³/mol. The number of hydrogen-bond acceptors (Lipinski definition) is 2. The van der Waals surface area contributed by atoms with E-state index in [4.69, 9.17) is 0 Å². The van der Waals surface area contributed by atoms with E-state index in [1.807, 2.05) is 0 Å². The van der Waals surface area contributed by atoms with Crippen LogP contribution in [0.15, 0.2) is 0 Å². The minimum absolute atomic E-state index is 0.291. The SMILES string of the molecule is CCC[CH2][Al]([CH2]CCC)[CH2]CCCN(CC)CC.CCN(CC)CCC[CH2][Al]([CH2]C)[CH2]C. The monoisotopic (exact) mass is 482 g/mol. The van der Waals surface area contributed by atoms with Gasteiger partial charge in [0.25, 0.3) is 28.3 Å². The Morgan fingerprint density at radius 3 is 1.06 bits per heavy atom. The molecule has 2 nitrogen and oxygen atoms in total. The van der Waals surface area contributed by atoms with Crippen molar-refractivity contribution in [2.24, 2.45) is 0 Å². The maximum atomic E-state index is 2.56.